The highest BCUT2D eigenvalue weighted by atomic mass is 16.3. The lowest BCUT2D eigenvalue weighted by Crippen LogP contribution is -2.50. The first-order valence-electron chi connectivity index (χ1n) is 8.93. The van der Waals surface area contributed by atoms with Gasteiger partial charge in [-0.05, 0) is 32.4 Å². The SMILES string of the molecule is CCc1cc(N2CCN(CC(C)(C)O)CC2)nc(-c2ccccn2)n1. The molecule has 0 bridgehead atoms. The van der Waals surface area contributed by atoms with E-state index < -0.39 is 5.60 Å². The maximum atomic E-state index is 10.0. The topological polar surface area (TPSA) is 65.4 Å². The van der Waals surface area contributed by atoms with Gasteiger partial charge in [-0.3, -0.25) is 9.88 Å². The smallest absolute Gasteiger partial charge is 0.180 e. The molecule has 0 amide bonds. The van der Waals surface area contributed by atoms with Gasteiger partial charge in [0.25, 0.3) is 0 Å². The zero-order valence-corrected chi connectivity index (χ0v) is 15.3. The van der Waals surface area contributed by atoms with E-state index in [0.29, 0.717) is 12.4 Å². The Hall–Kier alpha value is -2.05. The first kappa shape index (κ1) is 17.8. The fourth-order valence-corrected chi connectivity index (χ4v) is 3.12. The highest BCUT2D eigenvalue weighted by Gasteiger charge is 2.24. The van der Waals surface area contributed by atoms with Crippen LogP contribution in [0.15, 0.2) is 30.5 Å². The Morgan fingerprint density at radius 1 is 1.12 bits per heavy atom. The molecular formula is C19H27N5O. The number of nitrogens with zero attached hydrogens (tertiary/aromatic N) is 5. The molecule has 1 aliphatic heterocycles. The van der Waals surface area contributed by atoms with E-state index in [9.17, 15) is 5.11 Å². The van der Waals surface area contributed by atoms with Crippen LogP contribution in [-0.4, -0.2) is 63.3 Å². The summed E-state index contributed by atoms with van der Waals surface area (Å²) >= 11 is 0. The van der Waals surface area contributed by atoms with Crippen LogP contribution in [0.1, 0.15) is 26.5 Å². The Balaban J connectivity index is 1.77. The normalized spacial score (nSPS) is 16.2. The van der Waals surface area contributed by atoms with Crippen molar-refractivity contribution in [2.24, 2.45) is 0 Å². The minimum atomic E-state index is -0.654. The van der Waals surface area contributed by atoms with Crippen molar-refractivity contribution in [2.75, 3.05) is 37.6 Å². The molecule has 1 aliphatic rings. The zero-order chi connectivity index (χ0) is 17.9. The second-order valence-electron chi connectivity index (χ2n) is 7.19. The van der Waals surface area contributed by atoms with Crippen molar-refractivity contribution in [1.29, 1.82) is 0 Å². The molecule has 1 N–H and O–H groups in total. The fraction of sp³-hybridized carbons (Fsp3) is 0.526. The van der Waals surface area contributed by atoms with E-state index in [2.05, 4.69) is 32.8 Å². The molecule has 3 heterocycles. The molecule has 6 heteroatoms. The monoisotopic (exact) mass is 341 g/mol. The van der Waals surface area contributed by atoms with E-state index in [0.717, 1.165) is 49.8 Å². The predicted octanol–water partition coefficient (Wildman–Crippen LogP) is 1.99. The van der Waals surface area contributed by atoms with Crippen molar-refractivity contribution in [3.8, 4) is 11.5 Å². The third-order valence-corrected chi connectivity index (χ3v) is 4.33. The Morgan fingerprint density at radius 2 is 1.88 bits per heavy atom. The number of aliphatic hydroxyl groups is 1. The Bertz CT molecular complexity index is 691. The summed E-state index contributed by atoms with van der Waals surface area (Å²) in [5.41, 5.74) is 1.18. The summed E-state index contributed by atoms with van der Waals surface area (Å²) in [5, 5.41) is 10.0. The molecule has 6 nitrogen and oxygen atoms in total. The molecule has 2 aromatic rings. The molecule has 3 rings (SSSR count). The number of pyridine rings is 1. The summed E-state index contributed by atoms with van der Waals surface area (Å²) in [4.78, 5) is 18.4. The molecule has 0 unspecified atom stereocenters. The fourth-order valence-electron chi connectivity index (χ4n) is 3.12. The number of hydrogen-bond donors (Lipinski definition) is 1. The number of hydrogen-bond acceptors (Lipinski definition) is 6. The maximum Gasteiger partial charge on any atom is 0.180 e. The van der Waals surface area contributed by atoms with Gasteiger partial charge in [-0.15, -0.1) is 0 Å². The minimum absolute atomic E-state index is 0.654. The van der Waals surface area contributed by atoms with Crippen LogP contribution in [0.2, 0.25) is 0 Å². The van der Waals surface area contributed by atoms with Crippen molar-refractivity contribution < 1.29 is 5.11 Å². The third-order valence-electron chi connectivity index (χ3n) is 4.33. The molecule has 1 saturated heterocycles. The Morgan fingerprint density at radius 3 is 2.48 bits per heavy atom. The Labute approximate surface area is 149 Å². The van der Waals surface area contributed by atoms with E-state index in [1.807, 2.05) is 32.0 Å². The third kappa shape index (κ3) is 4.74. The molecule has 0 spiro atoms. The molecule has 25 heavy (non-hydrogen) atoms. The summed E-state index contributed by atoms with van der Waals surface area (Å²) in [6.45, 7) is 10.2. The number of β-amino-alcohol motifs (C(OH)–C–C–N with tert-alkyl or cyclic N) is 1. The van der Waals surface area contributed by atoms with Crippen LogP contribution in [0.3, 0.4) is 0 Å². The van der Waals surface area contributed by atoms with Crippen LogP contribution in [-0.2, 0) is 6.42 Å². The van der Waals surface area contributed by atoms with Gasteiger partial charge in [0, 0.05) is 50.7 Å². The molecule has 134 valence electrons. The maximum absolute atomic E-state index is 10.0. The quantitative estimate of drug-likeness (QED) is 0.897. The van der Waals surface area contributed by atoms with Crippen molar-refractivity contribution in [3.63, 3.8) is 0 Å². The molecule has 0 radical (unpaired) electrons. The minimum Gasteiger partial charge on any atom is -0.389 e. The second-order valence-corrected chi connectivity index (χ2v) is 7.19. The van der Waals surface area contributed by atoms with E-state index in [-0.39, 0.29) is 0 Å². The van der Waals surface area contributed by atoms with Crippen molar-refractivity contribution >= 4 is 5.82 Å². The lowest BCUT2D eigenvalue weighted by molar-refractivity contribution is 0.0344. The first-order valence-corrected chi connectivity index (χ1v) is 8.93. The van der Waals surface area contributed by atoms with Gasteiger partial charge in [-0.25, -0.2) is 9.97 Å². The van der Waals surface area contributed by atoms with E-state index in [1.165, 1.54) is 0 Å². The zero-order valence-electron chi connectivity index (χ0n) is 15.3. The highest BCUT2D eigenvalue weighted by molar-refractivity contribution is 5.54. The lowest BCUT2D eigenvalue weighted by Gasteiger charge is -2.37. The number of aryl methyl sites for hydroxylation is 1. The van der Waals surface area contributed by atoms with E-state index >= 15 is 0 Å². The lowest BCUT2D eigenvalue weighted by atomic mass is 10.1. The Kier molecular flexibility index (Phi) is 5.30. The number of anilines is 1. The van der Waals surface area contributed by atoms with Crippen molar-refractivity contribution in [3.05, 3.63) is 36.2 Å². The molecule has 0 saturated carbocycles. The van der Waals surface area contributed by atoms with Crippen LogP contribution in [0.5, 0.6) is 0 Å². The molecule has 2 aromatic heterocycles. The van der Waals surface area contributed by atoms with Crippen molar-refractivity contribution in [1.82, 2.24) is 19.9 Å². The molecule has 0 aromatic carbocycles. The van der Waals surface area contributed by atoms with Crippen LogP contribution >= 0.6 is 0 Å². The first-order chi connectivity index (χ1) is 11.9. The average Bonchev–Trinajstić information content (AvgIpc) is 2.61. The van der Waals surface area contributed by atoms with Gasteiger partial charge in [-0.1, -0.05) is 13.0 Å². The van der Waals surface area contributed by atoms with E-state index in [4.69, 9.17) is 4.98 Å². The molecule has 1 fully saturated rings. The average molecular weight is 341 g/mol. The van der Waals surface area contributed by atoms with Gasteiger partial charge in [0.2, 0.25) is 0 Å². The molecule has 0 aliphatic carbocycles. The van der Waals surface area contributed by atoms with Crippen LogP contribution in [0.4, 0.5) is 5.82 Å². The second kappa shape index (κ2) is 7.45. The van der Waals surface area contributed by atoms with Gasteiger partial charge >= 0.3 is 0 Å². The van der Waals surface area contributed by atoms with Gasteiger partial charge in [0.1, 0.15) is 11.5 Å². The summed E-state index contributed by atoms with van der Waals surface area (Å²) < 4.78 is 0. The van der Waals surface area contributed by atoms with Gasteiger partial charge < -0.3 is 10.0 Å². The van der Waals surface area contributed by atoms with Gasteiger partial charge in [-0.2, -0.15) is 0 Å². The number of rotatable bonds is 5. The van der Waals surface area contributed by atoms with Crippen LogP contribution < -0.4 is 4.90 Å². The predicted molar refractivity (Wildman–Crippen MR) is 99.6 cm³/mol. The van der Waals surface area contributed by atoms with Crippen molar-refractivity contribution in [2.45, 2.75) is 32.8 Å². The summed E-state index contributed by atoms with van der Waals surface area (Å²) in [7, 11) is 0. The van der Waals surface area contributed by atoms with Gasteiger partial charge in [0.15, 0.2) is 5.82 Å². The standard InChI is InChI=1S/C19H27N5O/c1-4-15-13-17(22-18(21-15)16-7-5-6-8-20-16)24-11-9-23(10-12-24)14-19(2,3)25/h5-8,13,25H,4,9-12,14H2,1-3H3. The number of aromatic nitrogens is 3. The highest BCUT2D eigenvalue weighted by Crippen LogP contribution is 2.21. The van der Waals surface area contributed by atoms with Crippen LogP contribution in [0, 0.1) is 0 Å². The van der Waals surface area contributed by atoms with E-state index in [1.54, 1.807) is 6.20 Å². The largest absolute Gasteiger partial charge is 0.389 e. The molecular weight excluding hydrogens is 314 g/mol. The molecule has 0 atom stereocenters. The van der Waals surface area contributed by atoms with Gasteiger partial charge in [0.05, 0.1) is 5.60 Å². The summed E-state index contributed by atoms with van der Waals surface area (Å²) in [6.07, 6.45) is 2.64. The summed E-state index contributed by atoms with van der Waals surface area (Å²) in [5.74, 6) is 1.66. The number of piperazine rings is 1. The summed E-state index contributed by atoms with van der Waals surface area (Å²) in [6, 6.07) is 7.88. The van der Waals surface area contributed by atoms with Crippen LogP contribution in [0.25, 0.3) is 11.5 Å².